The fourth-order valence-electron chi connectivity index (χ4n) is 4.04. The molecule has 5 nitrogen and oxygen atoms in total. The smallest absolute Gasteiger partial charge is 0.125 e. The average molecular weight is 333 g/mol. The molecule has 2 aliphatic rings. The third-order valence-corrected chi connectivity index (χ3v) is 5.77. The van der Waals surface area contributed by atoms with Crippen molar-refractivity contribution in [2.75, 3.05) is 13.1 Å². The Kier molecular flexibility index (Phi) is 3.55. The lowest BCUT2D eigenvalue weighted by molar-refractivity contribution is 0.130. The Morgan fingerprint density at radius 1 is 1.00 bits per heavy atom. The highest BCUT2D eigenvalue weighted by molar-refractivity contribution is 5.82. The van der Waals surface area contributed by atoms with Gasteiger partial charge >= 0.3 is 0 Å². The minimum absolute atomic E-state index is 0.801. The normalized spacial score (nSPS) is 18.8. The summed E-state index contributed by atoms with van der Waals surface area (Å²) in [6.07, 6.45) is 8.99. The second kappa shape index (κ2) is 5.92. The van der Waals surface area contributed by atoms with Gasteiger partial charge in [0.05, 0.1) is 11.0 Å². The number of hydrogen-bond donors (Lipinski definition) is 0. The summed E-state index contributed by atoms with van der Waals surface area (Å²) in [6, 6.07) is 7.37. The summed E-state index contributed by atoms with van der Waals surface area (Å²) in [5.41, 5.74) is 4.52. The molecule has 128 valence electrons. The first-order valence-electron chi connectivity index (χ1n) is 9.30. The van der Waals surface area contributed by atoms with E-state index in [9.17, 15) is 0 Å². The molecule has 1 fully saturated rings. The van der Waals surface area contributed by atoms with Crippen LogP contribution in [0.3, 0.4) is 0 Å². The first-order chi connectivity index (χ1) is 12.3. The molecule has 1 aliphatic carbocycles. The Bertz CT molecular complexity index is 908. The van der Waals surface area contributed by atoms with Gasteiger partial charge in [0.2, 0.25) is 0 Å². The molecule has 1 aliphatic heterocycles. The molecule has 0 atom stereocenters. The van der Waals surface area contributed by atoms with Crippen molar-refractivity contribution in [3.05, 3.63) is 42.2 Å². The molecule has 5 heteroatoms. The molecule has 25 heavy (non-hydrogen) atoms. The lowest BCUT2D eigenvalue weighted by Crippen LogP contribution is -2.41. The summed E-state index contributed by atoms with van der Waals surface area (Å²) >= 11 is 0. The lowest BCUT2D eigenvalue weighted by atomic mass is 9.91. The standard InChI is InChI=1S/C20H23N5/c1-14-21-12-16(13-22-14)15-5-6-19-18(11-15)23-20-7-8-24(9-10-25(19)20)17-3-2-4-17/h5-6,11-13,17H,2-4,7-10H2,1H3. The number of rotatable bonds is 2. The molecule has 0 unspecified atom stereocenters. The Morgan fingerprint density at radius 3 is 2.60 bits per heavy atom. The quantitative estimate of drug-likeness (QED) is 0.722. The van der Waals surface area contributed by atoms with E-state index in [0.717, 1.165) is 54.6 Å². The Hall–Kier alpha value is -2.27. The topological polar surface area (TPSA) is 46.8 Å². The maximum atomic E-state index is 4.95. The van der Waals surface area contributed by atoms with E-state index in [1.54, 1.807) is 0 Å². The van der Waals surface area contributed by atoms with Crippen molar-refractivity contribution in [2.45, 2.75) is 45.2 Å². The number of aromatic nitrogens is 4. The summed E-state index contributed by atoms with van der Waals surface area (Å²) in [4.78, 5) is 16.2. The summed E-state index contributed by atoms with van der Waals surface area (Å²) in [5, 5.41) is 0. The van der Waals surface area contributed by atoms with Crippen molar-refractivity contribution in [2.24, 2.45) is 0 Å². The van der Waals surface area contributed by atoms with Gasteiger partial charge in [0.15, 0.2) is 0 Å². The van der Waals surface area contributed by atoms with Gasteiger partial charge in [-0.2, -0.15) is 0 Å². The van der Waals surface area contributed by atoms with Gasteiger partial charge in [0.1, 0.15) is 11.6 Å². The van der Waals surface area contributed by atoms with E-state index >= 15 is 0 Å². The molecule has 5 rings (SSSR count). The highest BCUT2D eigenvalue weighted by atomic mass is 15.2. The number of nitrogens with zero attached hydrogens (tertiary/aromatic N) is 5. The van der Waals surface area contributed by atoms with E-state index in [0.29, 0.717) is 0 Å². The van der Waals surface area contributed by atoms with E-state index in [1.165, 1.54) is 30.6 Å². The van der Waals surface area contributed by atoms with E-state index in [4.69, 9.17) is 4.98 Å². The molecular formula is C20H23N5. The van der Waals surface area contributed by atoms with Gasteiger partial charge in [-0.3, -0.25) is 4.90 Å². The molecule has 1 saturated carbocycles. The van der Waals surface area contributed by atoms with Crippen LogP contribution in [-0.2, 0) is 13.0 Å². The summed E-state index contributed by atoms with van der Waals surface area (Å²) in [5.74, 6) is 2.03. The van der Waals surface area contributed by atoms with Crippen LogP contribution in [0, 0.1) is 6.92 Å². The molecule has 0 radical (unpaired) electrons. The minimum atomic E-state index is 0.801. The Balaban J connectivity index is 1.46. The largest absolute Gasteiger partial charge is 0.327 e. The van der Waals surface area contributed by atoms with Crippen LogP contribution in [0.2, 0.25) is 0 Å². The van der Waals surface area contributed by atoms with Crippen molar-refractivity contribution in [3.8, 4) is 11.1 Å². The average Bonchev–Trinajstić information content (AvgIpc) is 2.80. The maximum absolute atomic E-state index is 4.95. The fourth-order valence-corrected chi connectivity index (χ4v) is 4.04. The van der Waals surface area contributed by atoms with Crippen LogP contribution in [0.15, 0.2) is 30.6 Å². The van der Waals surface area contributed by atoms with E-state index in [1.807, 2.05) is 19.3 Å². The zero-order chi connectivity index (χ0) is 16.8. The predicted octanol–water partition coefficient (Wildman–Crippen LogP) is 3.21. The van der Waals surface area contributed by atoms with Crippen LogP contribution in [-0.4, -0.2) is 43.6 Å². The second-order valence-electron chi connectivity index (χ2n) is 7.27. The molecule has 1 aromatic carbocycles. The SMILES string of the molecule is Cc1ncc(-c2ccc3c(c2)nc2n3CCN(C3CCC3)CC2)cn1. The van der Waals surface area contributed by atoms with Gasteiger partial charge in [-0.1, -0.05) is 12.5 Å². The molecular weight excluding hydrogens is 310 g/mol. The van der Waals surface area contributed by atoms with Crippen LogP contribution in [0.4, 0.5) is 0 Å². The number of aryl methyl sites for hydroxylation is 1. The van der Waals surface area contributed by atoms with Crippen molar-refractivity contribution in [3.63, 3.8) is 0 Å². The van der Waals surface area contributed by atoms with E-state index in [2.05, 4.69) is 37.6 Å². The first kappa shape index (κ1) is 15.0. The highest BCUT2D eigenvalue weighted by Crippen LogP contribution is 2.28. The zero-order valence-electron chi connectivity index (χ0n) is 14.6. The van der Waals surface area contributed by atoms with E-state index in [-0.39, 0.29) is 0 Å². The number of imidazole rings is 1. The van der Waals surface area contributed by atoms with Crippen molar-refractivity contribution >= 4 is 11.0 Å². The lowest BCUT2D eigenvalue weighted by Gasteiger charge is -2.36. The van der Waals surface area contributed by atoms with Crippen molar-refractivity contribution in [1.82, 2.24) is 24.4 Å². The predicted molar refractivity (Wildman–Crippen MR) is 98.4 cm³/mol. The Morgan fingerprint density at radius 2 is 1.84 bits per heavy atom. The van der Waals surface area contributed by atoms with Gasteiger partial charge in [-0.15, -0.1) is 0 Å². The van der Waals surface area contributed by atoms with Gasteiger partial charge in [-0.25, -0.2) is 15.0 Å². The molecule has 0 spiro atoms. The number of hydrogen-bond acceptors (Lipinski definition) is 4. The minimum Gasteiger partial charge on any atom is -0.327 e. The third-order valence-electron chi connectivity index (χ3n) is 5.77. The summed E-state index contributed by atoms with van der Waals surface area (Å²) in [7, 11) is 0. The van der Waals surface area contributed by atoms with Gasteiger partial charge in [0.25, 0.3) is 0 Å². The summed E-state index contributed by atoms with van der Waals surface area (Å²) < 4.78 is 2.42. The molecule has 0 saturated heterocycles. The van der Waals surface area contributed by atoms with Crippen LogP contribution in [0.1, 0.15) is 30.9 Å². The number of benzene rings is 1. The molecule has 0 bridgehead atoms. The molecule has 0 amide bonds. The van der Waals surface area contributed by atoms with Crippen LogP contribution >= 0.6 is 0 Å². The zero-order valence-corrected chi connectivity index (χ0v) is 14.6. The van der Waals surface area contributed by atoms with Crippen molar-refractivity contribution < 1.29 is 0 Å². The number of fused-ring (bicyclic) bond motifs is 3. The van der Waals surface area contributed by atoms with Gasteiger partial charge in [0, 0.05) is 50.1 Å². The Labute approximate surface area is 147 Å². The molecule has 3 heterocycles. The highest BCUT2D eigenvalue weighted by Gasteiger charge is 2.27. The van der Waals surface area contributed by atoms with Gasteiger partial charge in [-0.05, 0) is 37.5 Å². The first-order valence-corrected chi connectivity index (χ1v) is 9.30. The van der Waals surface area contributed by atoms with Crippen LogP contribution < -0.4 is 0 Å². The van der Waals surface area contributed by atoms with Crippen molar-refractivity contribution in [1.29, 1.82) is 0 Å². The fraction of sp³-hybridized carbons (Fsp3) is 0.450. The molecule has 2 aromatic heterocycles. The van der Waals surface area contributed by atoms with E-state index < -0.39 is 0 Å². The van der Waals surface area contributed by atoms with Crippen LogP contribution in [0.5, 0.6) is 0 Å². The molecule has 3 aromatic rings. The summed E-state index contributed by atoms with van der Waals surface area (Å²) in [6.45, 7) is 5.25. The monoisotopic (exact) mass is 333 g/mol. The van der Waals surface area contributed by atoms with Crippen LogP contribution in [0.25, 0.3) is 22.2 Å². The van der Waals surface area contributed by atoms with Gasteiger partial charge < -0.3 is 4.57 Å². The molecule has 0 N–H and O–H groups in total. The second-order valence-corrected chi connectivity index (χ2v) is 7.27. The maximum Gasteiger partial charge on any atom is 0.125 e. The third kappa shape index (κ3) is 2.63.